The molecule has 1 fully saturated rings. The third-order valence-electron chi connectivity index (χ3n) is 4.37. The first kappa shape index (κ1) is 14.5. The number of rotatable bonds is 2. The van der Waals surface area contributed by atoms with Crippen LogP contribution in [0.1, 0.15) is 19.3 Å². The van der Waals surface area contributed by atoms with Gasteiger partial charge in [0.05, 0.1) is 17.2 Å². The van der Waals surface area contributed by atoms with E-state index in [1.54, 1.807) is 0 Å². The third-order valence-corrected chi connectivity index (χ3v) is 4.60. The standard InChI is InChI=1S/C19H18ClN3/c20-16-6-4-5-14(11-16)15-7-8-17-18(12-15)22-19(13-21-17)23-9-2-1-3-10-23/h4-8,11-13H,1-3,9-10H2. The topological polar surface area (TPSA) is 29.0 Å². The lowest BCUT2D eigenvalue weighted by molar-refractivity contribution is 0.573. The number of hydrogen-bond donors (Lipinski definition) is 0. The summed E-state index contributed by atoms with van der Waals surface area (Å²) >= 11 is 6.11. The van der Waals surface area contributed by atoms with Crippen molar-refractivity contribution in [1.29, 1.82) is 0 Å². The van der Waals surface area contributed by atoms with E-state index in [1.807, 2.05) is 30.5 Å². The van der Waals surface area contributed by atoms with Gasteiger partial charge in [-0.15, -0.1) is 0 Å². The van der Waals surface area contributed by atoms with E-state index in [0.29, 0.717) is 0 Å². The van der Waals surface area contributed by atoms with Crippen molar-refractivity contribution in [2.45, 2.75) is 19.3 Å². The van der Waals surface area contributed by atoms with Gasteiger partial charge in [-0.3, -0.25) is 4.98 Å². The van der Waals surface area contributed by atoms with Crippen LogP contribution in [0.4, 0.5) is 5.82 Å². The maximum absolute atomic E-state index is 6.11. The van der Waals surface area contributed by atoms with Gasteiger partial charge in [0, 0.05) is 18.1 Å². The van der Waals surface area contributed by atoms with Gasteiger partial charge in [-0.05, 0) is 54.7 Å². The van der Waals surface area contributed by atoms with Crippen molar-refractivity contribution in [3.63, 3.8) is 0 Å². The second-order valence-corrected chi connectivity index (χ2v) is 6.43. The molecule has 1 saturated heterocycles. The monoisotopic (exact) mass is 323 g/mol. The van der Waals surface area contributed by atoms with Crippen molar-refractivity contribution in [2.24, 2.45) is 0 Å². The summed E-state index contributed by atoms with van der Waals surface area (Å²) < 4.78 is 0. The molecule has 0 aliphatic carbocycles. The summed E-state index contributed by atoms with van der Waals surface area (Å²) in [5.41, 5.74) is 4.08. The number of hydrogen-bond acceptors (Lipinski definition) is 3. The van der Waals surface area contributed by atoms with Crippen LogP contribution in [-0.2, 0) is 0 Å². The van der Waals surface area contributed by atoms with Crippen molar-refractivity contribution in [2.75, 3.05) is 18.0 Å². The zero-order valence-electron chi connectivity index (χ0n) is 12.9. The predicted octanol–water partition coefficient (Wildman–Crippen LogP) is 4.94. The van der Waals surface area contributed by atoms with Crippen LogP contribution in [0.2, 0.25) is 5.02 Å². The van der Waals surface area contributed by atoms with E-state index in [4.69, 9.17) is 16.6 Å². The van der Waals surface area contributed by atoms with E-state index in [9.17, 15) is 0 Å². The van der Waals surface area contributed by atoms with Crippen molar-refractivity contribution >= 4 is 28.5 Å². The molecule has 0 bridgehead atoms. The van der Waals surface area contributed by atoms with Crippen LogP contribution in [0.15, 0.2) is 48.7 Å². The van der Waals surface area contributed by atoms with Crippen molar-refractivity contribution in [3.8, 4) is 11.1 Å². The van der Waals surface area contributed by atoms with E-state index in [1.165, 1.54) is 19.3 Å². The molecule has 0 unspecified atom stereocenters. The molecule has 0 atom stereocenters. The van der Waals surface area contributed by atoms with Crippen LogP contribution in [-0.4, -0.2) is 23.1 Å². The maximum atomic E-state index is 6.11. The maximum Gasteiger partial charge on any atom is 0.147 e. The van der Waals surface area contributed by atoms with Crippen LogP contribution in [0.5, 0.6) is 0 Å². The molecule has 23 heavy (non-hydrogen) atoms. The Labute approximate surface area is 140 Å². The van der Waals surface area contributed by atoms with Gasteiger partial charge >= 0.3 is 0 Å². The van der Waals surface area contributed by atoms with Gasteiger partial charge in [-0.1, -0.05) is 29.8 Å². The Kier molecular flexibility index (Phi) is 3.88. The van der Waals surface area contributed by atoms with Gasteiger partial charge in [0.1, 0.15) is 5.82 Å². The first-order valence-electron chi connectivity index (χ1n) is 8.07. The van der Waals surface area contributed by atoms with Crippen LogP contribution < -0.4 is 4.90 Å². The molecular weight excluding hydrogens is 306 g/mol. The number of halogens is 1. The Morgan fingerprint density at radius 3 is 2.52 bits per heavy atom. The average Bonchev–Trinajstić information content (AvgIpc) is 2.61. The molecule has 1 aliphatic rings. The molecule has 0 saturated carbocycles. The largest absolute Gasteiger partial charge is 0.355 e. The molecule has 0 spiro atoms. The molecule has 4 rings (SSSR count). The van der Waals surface area contributed by atoms with E-state index >= 15 is 0 Å². The molecule has 2 aromatic carbocycles. The molecular formula is C19H18ClN3. The average molecular weight is 324 g/mol. The smallest absolute Gasteiger partial charge is 0.147 e. The molecule has 2 heterocycles. The molecule has 116 valence electrons. The normalized spacial score (nSPS) is 15.1. The van der Waals surface area contributed by atoms with Crippen molar-refractivity contribution in [1.82, 2.24) is 9.97 Å². The molecule has 3 aromatic rings. The van der Waals surface area contributed by atoms with Crippen molar-refractivity contribution in [3.05, 3.63) is 53.7 Å². The zero-order chi connectivity index (χ0) is 15.6. The lowest BCUT2D eigenvalue weighted by atomic mass is 10.1. The summed E-state index contributed by atoms with van der Waals surface area (Å²) in [7, 11) is 0. The lowest BCUT2D eigenvalue weighted by Gasteiger charge is -2.27. The summed E-state index contributed by atoms with van der Waals surface area (Å²) in [5.74, 6) is 0.987. The quantitative estimate of drug-likeness (QED) is 0.669. The number of aromatic nitrogens is 2. The summed E-state index contributed by atoms with van der Waals surface area (Å²) in [6, 6.07) is 14.1. The van der Waals surface area contributed by atoms with Gasteiger partial charge in [0.2, 0.25) is 0 Å². The minimum atomic E-state index is 0.746. The van der Waals surface area contributed by atoms with E-state index < -0.39 is 0 Å². The number of piperidine rings is 1. The van der Waals surface area contributed by atoms with Crippen LogP contribution >= 0.6 is 11.6 Å². The molecule has 1 aromatic heterocycles. The van der Waals surface area contributed by atoms with Crippen LogP contribution in [0.3, 0.4) is 0 Å². The summed E-state index contributed by atoms with van der Waals surface area (Å²) in [4.78, 5) is 11.8. The molecule has 4 heteroatoms. The summed E-state index contributed by atoms with van der Waals surface area (Å²) in [6.45, 7) is 2.16. The van der Waals surface area contributed by atoms with Crippen LogP contribution in [0, 0.1) is 0 Å². The lowest BCUT2D eigenvalue weighted by Crippen LogP contribution is -2.30. The molecule has 0 radical (unpaired) electrons. The first-order valence-corrected chi connectivity index (χ1v) is 8.45. The highest BCUT2D eigenvalue weighted by Crippen LogP contribution is 2.26. The fourth-order valence-corrected chi connectivity index (χ4v) is 3.31. The second kappa shape index (κ2) is 6.17. The highest BCUT2D eigenvalue weighted by Gasteiger charge is 2.13. The fourth-order valence-electron chi connectivity index (χ4n) is 3.12. The number of nitrogens with zero attached hydrogens (tertiary/aromatic N) is 3. The molecule has 0 N–H and O–H groups in total. The minimum absolute atomic E-state index is 0.746. The second-order valence-electron chi connectivity index (χ2n) is 5.99. The minimum Gasteiger partial charge on any atom is -0.355 e. The van der Waals surface area contributed by atoms with Crippen molar-refractivity contribution < 1.29 is 0 Å². The fraction of sp³-hybridized carbons (Fsp3) is 0.263. The highest BCUT2D eigenvalue weighted by molar-refractivity contribution is 6.30. The molecule has 3 nitrogen and oxygen atoms in total. The summed E-state index contributed by atoms with van der Waals surface area (Å²) in [6.07, 6.45) is 5.69. The Hall–Kier alpha value is -2.13. The van der Waals surface area contributed by atoms with Gasteiger partial charge in [-0.2, -0.15) is 0 Å². The molecule has 0 amide bonds. The van der Waals surface area contributed by atoms with E-state index in [0.717, 1.165) is 46.1 Å². The van der Waals surface area contributed by atoms with Gasteiger partial charge in [0.15, 0.2) is 0 Å². The Morgan fingerprint density at radius 2 is 1.70 bits per heavy atom. The first-order chi connectivity index (χ1) is 11.3. The predicted molar refractivity (Wildman–Crippen MR) is 96.0 cm³/mol. The van der Waals surface area contributed by atoms with Crippen LogP contribution in [0.25, 0.3) is 22.2 Å². The Balaban J connectivity index is 1.74. The molecule has 1 aliphatic heterocycles. The van der Waals surface area contributed by atoms with Gasteiger partial charge in [-0.25, -0.2) is 4.98 Å². The Morgan fingerprint density at radius 1 is 0.870 bits per heavy atom. The van der Waals surface area contributed by atoms with E-state index in [-0.39, 0.29) is 0 Å². The van der Waals surface area contributed by atoms with Gasteiger partial charge < -0.3 is 4.90 Å². The van der Waals surface area contributed by atoms with Gasteiger partial charge in [0.25, 0.3) is 0 Å². The Bertz CT molecular complexity index is 841. The van der Waals surface area contributed by atoms with E-state index in [2.05, 4.69) is 28.1 Å². The highest BCUT2D eigenvalue weighted by atomic mass is 35.5. The summed E-state index contributed by atoms with van der Waals surface area (Å²) in [5, 5.41) is 0.746. The number of fused-ring (bicyclic) bond motifs is 1. The zero-order valence-corrected chi connectivity index (χ0v) is 13.6. The SMILES string of the molecule is Clc1cccc(-c2ccc3ncc(N4CCCCC4)nc3c2)c1. The number of anilines is 1. The third kappa shape index (κ3) is 3.02. The number of benzene rings is 2.